The minimum absolute atomic E-state index is 0.511. The topological polar surface area (TPSA) is 92.4 Å². The van der Waals surface area contributed by atoms with Gasteiger partial charge in [0.1, 0.15) is 5.54 Å². The molecule has 1 unspecified atom stereocenters. The van der Waals surface area contributed by atoms with Crippen LogP contribution in [0.4, 0.5) is 0 Å². The van der Waals surface area contributed by atoms with Crippen molar-refractivity contribution in [1.29, 1.82) is 0 Å². The molecule has 1 aliphatic carbocycles. The summed E-state index contributed by atoms with van der Waals surface area (Å²) in [5.74, 6) is -0.781. The number of carboxylic acid groups (broad SMARTS) is 1. The number of aliphatic carboxylic acids is 1. The highest BCUT2D eigenvalue weighted by Gasteiger charge is 2.42. The van der Waals surface area contributed by atoms with E-state index in [9.17, 15) is 14.7 Å². The zero-order valence-corrected chi connectivity index (χ0v) is 10.5. The predicted molar refractivity (Wildman–Crippen MR) is 64.4 cm³/mol. The van der Waals surface area contributed by atoms with E-state index in [0.29, 0.717) is 18.8 Å². The van der Waals surface area contributed by atoms with Crippen LogP contribution in [0.2, 0.25) is 0 Å². The molecule has 4 N–H and O–H groups in total. The van der Waals surface area contributed by atoms with E-state index in [4.69, 9.17) is 5.73 Å². The number of hydrogen-bond acceptors (Lipinski definition) is 3. The zero-order valence-electron chi connectivity index (χ0n) is 10.5. The summed E-state index contributed by atoms with van der Waals surface area (Å²) in [6.07, 6.45) is 4.00. The highest BCUT2D eigenvalue weighted by atomic mass is 16.4. The lowest BCUT2D eigenvalue weighted by Gasteiger charge is -2.38. The molecule has 0 spiro atoms. The van der Waals surface area contributed by atoms with Crippen LogP contribution in [0, 0.1) is 5.92 Å². The molecule has 1 aliphatic rings. The molecule has 1 rings (SSSR count). The third kappa shape index (κ3) is 3.19. The van der Waals surface area contributed by atoms with Crippen molar-refractivity contribution in [1.82, 2.24) is 5.32 Å². The highest BCUT2D eigenvalue weighted by Crippen LogP contribution is 2.34. The molecule has 98 valence electrons. The summed E-state index contributed by atoms with van der Waals surface area (Å²) in [6.45, 7) is 3.73. The first kappa shape index (κ1) is 14.0. The molecule has 1 fully saturated rings. The summed E-state index contributed by atoms with van der Waals surface area (Å²) in [5, 5.41) is 12.3. The first-order valence-electron chi connectivity index (χ1n) is 6.21. The molecule has 5 nitrogen and oxygen atoms in total. The van der Waals surface area contributed by atoms with E-state index in [0.717, 1.165) is 19.3 Å². The van der Waals surface area contributed by atoms with Gasteiger partial charge in [0.2, 0.25) is 5.91 Å². The zero-order chi connectivity index (χ0) is 13.1. The maximum atomic E-state index is 11.4. The smallest absolute Gasteiger partial charge is 0.323 e. The van der Waals surface area contributed by atoms with Crippen LogP contribution in [0.1, 0.15) is 46.0 Å². The Morgan fingerprint density at radius 3 is 2.35 bits per heavy atom. The van der Waals surface area contributed by atoms with Gasteiger partial charge in [0.05, 0.1) is 6.04 Å². The fourth-order valence-electron chi connectivity index (χ4n) is 2.48. The SMILES string of the molecule is CCC1CCC(NC(C)C(N)=O)(C(=O)O)CC1. The summed E-state index contributed by atoms with van der Waals surface area (Å²) in [4.78, 5) is 22.4. The molecule has 1 saturated carbocycles. The summed E-state index contributed by atoms with van der Waals surface area (Å²) in [6, 6.07) is -0.607. The van der Waals surface area contributed by atoms with Gasteiger partial charge in [-0.3, -0.25) is 14.9 Å². The van der Waals surface area contributed by atoms with E-state index in [1.807, 2.05) is 0 Å². The number of carbonyl (C=O) groups is 2. The monoisotopic (exact) mass is 242 g/mol. The molecule has 1 atom stereocenters. The van der Waals surface area contributed by atoms with Gasteiger partial charge >= 0.3 is 5.97 Å². The minimum atomic E-state index is -0.972. The lowest BCUT2D eigenvalue weighted by molar-refractivity contribution is -0.147. The Labute approximate surface area is 102 Å². The van der Waals surface area contributed by atoms with Crippen molar-refractivity contribution in [2.45, 2.75) is 57.5 Å². The van der Waals surface area contributed by atoms with Crippen LogP contribution in [0.25, 0.3) is 0 Å². The van der Waals surface area contributed by atoms with Gasteiger partial charge < -0.3 is 10.8 Å². The van der Waals surface area contributed by atoms with Crippen LogP contribution in [-0.2, 0) is 9.59 Å². The summed E-state index contributed by atoms with van der Waals surface area (Å²) >= 11 is 0. The van der Waals surface area contributed by atoms with Crippen molar-refractivity contribution in [2.75, 3.05) is 0 Å². The van der Waals surface area contributed by atoms with Crippen LogP contribution >= 0.6 is 0 Å². The van der Waals surface area contributed by atoms with Crippen LogP contribution in [0.15, 0.2) is 0 Å². The maximum Gasteiger partial charge on any atom is 0.323 e. The van der Waals surface area contributed by atoms with Gasteiger partial charge in [0.15, 0.2) is 0 Å². The molecule has 0 heterocycles. The molecular formula is C12H22N2O3. The minimum Gasteiger partial charge on any atom is -0.480 e. The van der Waals surface area contributed by atoms with Gasteiger partial charge in [-0.05, 0) is 38.5 Å². The van der Waals surface area contributed by atoms with Crippen LogP contribution in [-0.4, -0.2) is 28.6 Å². The second-order valence-corrected chi connectivity index (χ2v) is 5.01. The van der Waals surface area contributed by atoms with Gasteiger partial charge in [-0.15, -0.1) is 0 Å². The Bertz CT molecular complexity index is 296. The van der Waals surface area contributed by atoms with Crippen LogP contribution < -0.4 is 11.1 Å². The van der Waals surface area contributed by atoms with Crippen molar-refractivity contribution in [3.63, 3.8) is 0 Å². The number of rotatable bonds is 5. The Hall–Kier alpha value is -1.10. The number of nitrogens with one attached hydrogen (secondary N) is 1. The third-order valence-corrected chi connectivity index (χ3v) is 3.87. The van der Waals surface area contributed by atoms with E-state index in [1.54, 1.807) is 6.92 Å². The molecule has 0 bridgehead atoms. The van der Waals surface area contributed by atoms with Crippen molar-refractivity contribution in [3.05, 3.63) is 0 Å². The number of nitrogens with two attached hydrogens (primary N) is 1. The van der Waals surface area contributed by atoms with Gasteiger partial charge in [-0.25, -0.2) is 0 Å². The first-order valence-corrected chi connectivity index (χ1v) is 6.21. The molecule has 0 saturated heterocycles. The molecule has 17 heavy (non-hydrogen) atoms. The normalized spacial score (nSPS) is 30.8. The van der Waals surface area contributed by atoms with E-state index in [1.165, 1.54) is 0 Å². The van der Waals surface area contributed by atoms with Crippen LogP contribution in [0.3, 0.4) is 0 Å². The van der Waals surface area contributed by atoms with Crippen molar-refractivity contribution >= 4 is 11.9 Å². The third-order valence-electron chi connectivity index (χ3n) is 3.87. The van der Waals surface area contributed by atoms with E-state index >= 15 is 0 Å². The van der Waals surface area contributed by atoms with E-state index in [2.05, 4.69) is 12.2 Å². The van der Waals surface area contributed by atoms with Gasteiger partial charge in [-0.1, -0.05) is 13.3 Å². The fraction of sp³-hybridized carbons (Fsp3) is 0.833. The number of primary amides is 1. The second-order valence-electron chi connectivity index (χ2n) is 5.01. The maximum absolute atomic E-state index is 11.4. The molecule has 0 aliphatic heterocycles. The Balaban J connectivity index is 2.72. The van der Waals surface area contributed by atoms with Gasteiger partial charge in [0.25, 0.3) is 0 Å². The molecule has 5 heteroatoms. The first-order chi connectivity index (χ1) is 7.91. The lowest BCUT2D eigenvalue weighted by atomic mass is 9.75. The number of carbonyl (C=O) groups excluding carboxylic acids is 1. The Morgan fingerprint density at radius 1 is 1.47 bits per heavy atom. The molecule has 0 aromatic heterocycles. The average Bonchev–Trinajstić information content (AvgIpc) is 2.29. The molecular weight excluding hydrogens is 220 g/mol. The summed E-state index contributed by atoms with van der Waals surface area (Å²) < 4.78 is 0. The fourth-order valence-corrected chi connectivity index (χ4v) is 2.48. The number of hydrogen-bond donors (Lipinski definition) is 3. The van der Waals surface area contributed by atoms with Crippen molar-refractivity contribution in [3.8, 4) is 0 Å². The number of amides is 1. The standard InChI is InChI=1S/C12H22N2O3/c1-3-9-4-6-12(7-5-9,11(16)17)14-8(2)10(13)15/h8-9,14H,3-7H2,1-2H3,(H2,13,15)(H,16,17). The largest absolute Gasteiger partial charge is 0.480 e. The van der Waals surface area contributed by atoms with E-state index in [-0.39, 0.29) is 0 Å². The molecule has 1 amide bonds. The van der Waals surface area contributed by atoms with Gasteiger partial charge in [-0.2, -0.15) is 0 Å². The highest BCUT2D eigenvalue weighted by molar-refractivity contribution is 5.83. The lowest BCUT2D eigenvalue weighted by Crippen LogP contribution is -2.59. The molecule has 0 radical (unpaired) electrons. The Kier molecular flexibility index (Phi) is 4.51. The Morgan fingerprint density at radius 2 is 2.00 bits per heavy atom. The summed E-state index contributed by atoms with van der Waals surface area (Å²) in [5.41, 5.74) is 4.20. The molecule has 0 aromatic rings. The van der Waals surface area contributed by atoms with Crippen molar-refractivity contribution < 1.29 is 14.7 Å². The predicted octanol–water partition coefficient (Wildman–Crippen LogP) is 0.873. The summed E-state index contributed by atoms with van der Waals surface area (Å²) in [7, 11) is 0. The van der Waals surface area contributed by atoms with Crippen LogP contribution in [0.5, 0.6) is 0 Å². The average molecular weight is 242 g/mol. The van der Waals surface area contributed by atoms with E-state index < -0.39 is 23.5 Å². The molecule has 0 aromatic carbocycles. The van der Waals surface area contributed by atoms with Gasteiger partial charge in [0, 0.05) is 0 Å². The quantitative estimate of drug-likeness (QED) is 0.667. The van der Waals surface area contributed by atoms with Crippen molar-refractivity contribution in [2.24, 2.45) is 11.7 Å². The second kappa shape index (κ2) is 5.49. The number of carboxylic acids is 1.